The van der Waals surface area contributed by atoms with E-state index in [1.807, 2.05) is 43.5 Å². The molecule has 1 N–H and O–H groups in total. The predicted molar refractivity (Wildman–Crippen MR) is 166 cm³/mol. The summed E-state index contributed by atoms with van der Waals surface area (Å²) in [5, 5.41) is 2.82. The first-order chi connectivity index (χ1) is 20.3. The van der Waals surface area contributed by atoms with Crippen molar-refractivity contribution in [2.24, 2.45) is 5.92 Å². The van der Waals surface area contributed by atoms with Gasteiger partial charge in [0.1, 0.15) is 23.3 Å². The van der Waals surface area contributed by atoms with E-state index < -0.39 is 47.0 Å². The van der Waals surface area contributed by atoms with E-state index in [4.69, 9.17) is 9.47 Å². The van der Waals surface area contributed by atoms with Crippen molar-refractivity contribution in [1.82, 2.24) is 5.32 Å². The third kappa shape index (κ3) is 9.92. The molecule has 0 aliphatic rings. The van der Waals surface area contributed by atoms with Gasteiger partial charge in [0.15, 0.2) is 0 Å². The number of hydrogen-bond donors (Lipinski definition) is 1. The van der Waals surface area contributed by atoms with Crippen molar-refractivity contribution < 1.29 is 32.6 Å². The minimum atomic E-state index is -0.808. The molecule has 2 unspecified atom stereocenters. The first-order valence-corrected chi connectivity index (χ1v) is 15.4. The van der Waals surface area contributed by atoms with Crippen LogP contribution in [-0.2, 0) is 31.9 Å². The van der Waals surface area contributed by atoms with Crippen LogP contribution in [0.5, 0.6) is 0 Å². The minimum Gasteiger partial charge on any atom is -0.467 e. The second-order valence-corrected chi connectivity index (χ2v) is 12.4. The van der Waals surface area contributed by atoms with Gasteiger partial charge in [-0.05, 0) is 105 Å². The zero-order valence-electron chi connectivity index (χ0n) is 25.5. The Morgan fingerprint density at radius 2 is 1.53 bits per heavy atom. The van der Waals surface area contributed by atoms with Crippen molar-refractivity contribution in [3.05, 3.63) is 94.6 Å². The summed E-state index contributed by atoms with van der Waals surface area (Å²) in [5.74, 6) is -2.99. The number of halogens is 2. The molecule has 0 saturated heterocycles. The zero-order valence-corrected chi connectivity index (χ0v) is 26.3. The van der Waals surface area contributed by atoms with E-state index in [1.165, 1.54) is 19.2 Å². The molecule has 0 radical (unpaired) electrons. The fourth-order valence-corrected chi connectivity index (χ4v) is 5.27. The minimum absolute atomic E-state index is 0.0573. The van der Waals surface area contributed by atoms with E-state index in [0.717, 1.165) is 22.8 Å². The van der Waals surface area contributed by atoms with Gasteiger partial charge < -0.3 is 14.8 Å². The molecule has 0 heterocycles. The summed E-state index contributed by atoms with van der Waals surface area (Å²) in [5.41, 5.74) is 3.03. The van der Waals surface area contributed by atoms with Crippen LogP contribution in [0, 0.1) is 24.5 Å². The van der Waals surface area contributed by atoms with Crippen molar-refractivity contribution in [2.75, 3.05) is 19.1 Å². The van der Waals surface area contributed by atoms with Gasteiger partial charge >= 0.3 is 11.9 Å². The van der Waals surface area contributed by atoms with Crippen molar-refractivity contribution in [3.63, 3.8) is 0 Å². The van der Waals surface area contributed by atoms with Crippen LogP contribution < -0.4 is 5.32 Å². The first-order valence-electron chi connectivity index (χ1n) is 14.1. The van der Waals surface area contributed by atoms with E-state index in [1.54, 1.807) is 44.7 Å². The van der Waals surface area contributed by atoms with Gasteiger partial charge in [-0.1, -0.05) is 36.4 Å². The monoisotopic (exact) mass is 611 g/mol. The Morgan fingerprint density at radius 1 is 0.884 bits per heavy atom. The molecule has 3 aromatic carbocycles. The lowest BCUT2D eigenvalue weighted by molar-refractivity contribution is -0.160. The molecule has 9 heteroatoms. The summed E-state index contributed by atoms with van der Waals surface area (Å²) in [6.07, 6.45) is 2.59. The van der Waals surface area contributed by atoms with Crippen molar-refractivity contribution >= 4 is 29.6 Å². The van der Waals surface area contributed by atoms with Gasteiger partial charge in [0.05, 0.1) is 13.0 Å². The van der Waals surface area contributed by atoms with E-state index in [2.05, 4.69) is 5.32 Å². The van der Waals surface area contributed by atoms with Crippen LogP contribution >= 0.6 is 11.8 Å². The number of nitrogens with one attached hydrogen (secondary N) is 1. The third-order valence-electron chi connectivity index (χ3n) is 6.79. The van der Waals surface area contributed by atoms with Crippen LogP contribution in [0.1, 0.15) is 54.2 Å². The molecule has 0 spiro atoms. The fourth-order valence-electron chi connectivity index (χ4n) is 4.80. The molecule has 6 nitrogen and oxygen atoms in total. The van der Waals surface area contributed by atoms with E-state index >= 15 is 0 Å². The lowest BCUT2D eigenvalue weighted by atomic mass is 9.88. The maximum absolute atomic E-state index is 14.0. The van der Waals surface area contributed by atoms with Crippen LogP contribution in [-0.4, -0.2) is 48.6 Å². The lowest BCUT2D eigenvalue weighted by Crippen LogP contribution is -2.42. The number of benzene rings is 3. The number of rotatable bonds is 12. The Labute approximate surface area is 256 Å². The number of hydrogen-bond acceptors (Lipinski definition) is 6. The molecular weight excluding hydrogens is 572 g/mol. The zero-order chi connectivity index (χ0) is 31.7. The van der Waals surface area contributed by atoms with Crippen molar-refractivity contribution in [1.29, 1.82) is 0 Å². The molecule has 43 heavy (non-hydrogen) atoms. The van der Waals surface area contributed by atoms with Crippen LogP contribution in [0.15, 0.2) is 60.7 Å². The van der Waals surface area contributed by atoms with E-state index in [0.29, 0.717) is 28.9 Å². The number of ether oxygens (including phenoxy) is 2. The van der Waals surface area contributed by atoms with E-state index in [9.17, 15) is 23.2 Å². The second kappa shape index (κ2) is 15.1. The molecule has 0 fully saturated rings. The van der Waals surface area contributed by atoms with Crippen molar-refractivity contribution in [2.45, 2.75) is 58.6 Å². The summed E-state index contributed by atoms with van der Waals surface area (Å²) in [6, 6.07) is 15.3. The third-order valence-corrected chi connectivity index (χ3v) is 7.44. The van der Waals surface area contributed by atoms with Crippen LogP contribution in [0.3, 0.4) is 0 Å². The van der Waals surface area contributed by atoms with E-state index in [-0.39, 0.29) is 12.8 Å². The second-order valence-electron chi connectivity index (χ2n) is 11.4. The standard InChI is InChI=1S/C34H39F2NO5S/c1-21-9-7-8-10-27(21)29-19-22(11-12-28(29)31(38)37-30(13-14-43-6)33(40)41-5)15-24(32(39)42-34(2,3)4)16-23-17-25(35)20-26(36)18-23/h7-12,17-20,24,30H,13-16H2,1-6H3,(H,37,38). The average Bonchev–Trinajstić information content (AvgIpc) is 2.93. The summed E-state index contributed by atoms with van der Waals surface area (Å²) >= 11 is 1.56. The Hall–Kier alpha value is -3.72. The largest absolute Gasteiger partial charge is 0.467 e. The number of methoxy groups -OCH3 is 1. The molecule has 0 aliphatic carbocycles. The molecule has 3 rings (SSSR count). The molecule has 0 aliphatic heterocycles. The Kier molecular flexibility index (Phi) is 11.9. The Morgan fingerprint density at radius 3 is 2.14 bits per heavy atom. The van der Waals surface area contributed by atoms with Gasteiger partial charge in [-0.15, -0.1) is 0 Å². The fraction of sp³-hybridized carbons (Fsp3) is 0.382. The quantitative estimate of drug-likeness (QED) is 0.230. The van der Waals surface area contributed by atoms with Gasteiger partial charge in [0.2, 0.25) is 0 Å². The smallest absolute Gasteiger partial charge is 0.328 e. The number of aryl methyl sites for hydroxylation is 1. The highest BCUT2D eigenvalue weighted by Crippen LogP contribution is 2.30. The Bertz CT molecular complexity index is 1430. The molecular formula is C34H39F2NO5S. The van der Waals surface area contributed by atoms with Gasteiger partial charge in [-0.2, -0.15) is 11.8 Å². The number of amides is 1. The Balaban J connectivity index is 2.03. The maximum Gasteiger partial charge on any atom is 0.328 e. The summed E-state index contributed by atoms with van der Waals surface area (Å²) < 4.78 is 38.6. The van der Waals surface area contributed by atoms with Crippen LogP contribution in [0.4, 0.5) is 8.78 Å². The van der Waals surface area contributed by atoms with Gasteiger partial charge in [0.25, 0.3) is 5.91 Å². The van der Waals surface area contributed by atoms with Crippen LogP contribution in [0.25, 0.3) is 11.1 Å². The summed E-state index contributed by atoms with van der Waals surface area (Å²) in [7, 11) is 1.29. The predicted octanol–water partition coefficient (Wildman–Crippen LogP) is 6.71. The van der Waals surface area contributed by atoms with Crippen molar-refractivity contribution in [3.8, 4) is 11.1 Å². The number of thioether (sulfide) groups is 1. The summed E-state index contributed by atoms with van der Waals surface area (Å²) in [4.78, 5) is 39.3. The molecule has 0 saturated carbocycles. The number of carbonyl (C=O) groups is 3. The first kappa shape index (κ1) is 33.8. The molecule has 0 bridgehead atoms. The highest BCUT2D eigenvalue weighted by molar-refractivity contribution is 7.98. The molecule has 3 aromatic rings. The van der Waals surface area contributed by atoms with Gasteiger partial charge in [0, 0.05) is 11.6 Å². The summed E-state index contributed by atoms with van der Waals surface area (Å²) in [6.45, 7) is 7.21. The number of carbonyl (C=O) groups excluding carboxylic acids is 3. The molecule has 230 valence electrons. The maximum atomic E-state index is 14.0. The molecule has 2 atom stereocenters. The van der Waals surface area contributed by atoms with Crippen LogP contribution in [0.2, 0.25) is 0 Å². The number of esters is 2. The average molecular weight is 612 g/mol. The SMILES string of the molecule is COC(=O)C(CCSC)NC(=O)c1ccc(CC(Cc2cc(F)cc(F)c2)C(=O)OC(C)(C)C)cc1-c1ccccc1C. The van der Waals surface area contributed by atoms with Gasteiger partial charge in [-0.25, -0.2) is 13.6 Å². The molecule has 0 aromatic heterocycles. The molecule has 1 amide bonds. The topological polar surface area (TPSA) is 81.7 Å². The van der Waals surface area contributed by atoms with Gasteiger partial charge in [-0.3, -0.25) is 9.59 Å². The lowest BCUT2D eigenvalue weighted by Gasteiger charge is -2.25. The normalized spacial score (nSPS) is 12.7. The highest BCUT2D eigenvalue weighted by atomic mass is 32.2. The highest BCUT2D eigenvalue weighted by Gasteiger charge is 2.28.